The Labute approximate surface area is 128 Å². The predicted molar refractivity (Wildman–Crippen MR) is 79.4 cm³/mol. The highest BCUT2D eigenvalue weighted by Gasteiger charge is 2.45. The molecule has 1 aliphatic rings. The van der Waals surface area contributed by atoms with Crippen molar-refractivity contribution in [3.05, 3.63) is 65.1 Å². The summed E-state index contributed by atoms with van der Waals surface area (Å²) in [4.78, 5) is 4.51. The van der Waals surface area contributed by atoms with Crippen molar-refractivity contribution < 1.29 is 9.05 Å². The van der Waals surface area contributed by atoms with Crippen LogP contribution in [0, 0.1) is 6.92 Å². The minimum atomic E-state index is 0.201. The SMILES string of the molecule is Cc1cc(Cc2nc(CC3(c4ccccc4)CC3)no2)no1. The van der Waals surface area contributed by atoms with Crippen LogP contribution in [-0.2, 0) is 18.3 Å². The van der Waals surface area contributed by atoms with Gasteiger partial charge in [0.15, 0.2) is 5.82 Å². The maximum absolute atomic E-state index is 5.34. The highest BCUT2D eigenvalue weighted by Crippen LogP contribution is 2.50. The van der Waals surface area contributed by atoms with Crippen LogP contribution in [0.4, 0.5) is 0 Å². The number of benzene rings is 1. The largest absolute Gasteiger partial charge is 0.361 e. The van der Waals surface area contributed by atoms with Gasteiger partial charge >= 0.3 is 0 Å². The second kappa shape index (κ2) is 5.09. The van der Waals surface area contributed by atoms with Gasteiger partial charge in [0.2, 0.25) is 5.89 Å². The highest BCUT2D eigenvalue weighted by molar-refractivity contribution is 5.32. The standard InChI is InChI=1S/C17H17N3O2/c1-12-9-14(19-21-12)10-16-18-15(20-22-16)11-17(7-8-17)13-5-3-2-4-6-13/h2-6,9H,7-8,10-11H2,1H3. The molecule has 1 aromatic carbocycles. The van der Waals surface area contributed by atoms with E-state index in [0.29, 0.717) is 12.3 Å². The lowest BCUT2D eigenvalue weighted by molar-refractivity contribution is 0.367. The van der Waals surface area contributed by atoms with Gasteiger partial charge in [-0.1, -0.05) is 40.6 Å². The van der Waals surface area contributed by atoms with Crippen LogP contribution in [0.3, 0.4) is 0 Å². The molecule has 0 atom stereocenters. The summed E-state index contributed by atoms with van der Waals surface area (Å²) in [5.41, 5.74) is 2.39. The van der Waals surface area contributed by atoms with E-state index in [1.807, 2.05) is 19.1 Å². The van der Waals surface area contributed by atoms with Crippen LogP contribution in [0.25, 0.3) is 0 Å². The Morgan fingerprint density at radius 3 is 2.59 bits per heavy atom. The van der Waals surface area contributed by atoms with Gasteiger partial charge in [-0.15, -0.1) is 0 Å². The number of hydrogen-bond acceptors (Lipinski definition) is 5. The van der Waals surface area contributed by atoms with Crippen LogP contribution in [0.2, 0.25) is 0 Å². The van der Waals surface area contributed by atoms with Gasteiger partial charge < -0.3 is 9.05 Å². The van der Waals surface area contributed by atoms with E-state index in [1.165, 1.54) is 18.4 Å². The van der Waals surface area contributed by atoms with Gasteiger partial charge in [0.1, 0.15) is 5.76 Å². The van der Waals surface area contributed by atoms with Crippen LogP contribution in [0.1, 0.15) is 41.6 Å². The van der Waals surface area contributed by atoms with Crippen LogP contribution < -0.4 is 0 Å². The van der Waals surface area contributed by atoms with Crippen molar-refractivity contribution in [3.8, 4) is 0 Å². The van der Waals surface area contributed by atoms with Crippen molar-refractivity contribution in [1.29, 1.82) is 0 Å². The van der Waals surface area contributed by atoms with Gasteiger partial charge in [-0.3, -0.25) is 0 Å². The lowest BCUT2D eigenvalue weighted by atomic mass is 9.92. The maximum atomic E-state index is 5.34. The van der Waals surface area contributed by atoms with Crippen molar-refractivity contribution in [2.75, 3.05) is 0 Å². The highest BCUT2D eigenvalue weighted by atomic mass is 16.5. The molecule has 112 valence electrons. The first-order valence-corrected chi connectivity index (χ1v) is 7.53. The molecule has 0 amide bonds. The van der Waals surface area contributed by atoms with Gasteiger partial charge in [0.25, 0.3) is 0 Å². The van der Waals surface area contributed by atoms with Crippen molar-refractivity contribution in [3.63, 3.8) is 0 Å². The molecule has 3 aromatic rings. The topological polar surface area (TPSA) is 65.0 Å². The third-order valence-corrected chi connectivity index (χ3v) is 4.26. The van der Waals surface area contributed by atoms with Crippen molar-refractivity contribution in [2.24, 2.45) is 0 Å². The summed E-state index contributed by atoms with van der Waals surface area (Å²) in [6.07, 6.45) is 3.72. The molecular weight excluding hydrogens is 278 g/mol. The molecule has 5 nitrogen and oxygen atoms in total. The second-order valence-electron chi connectivity index (χ2n) is 6.03. The number of aryl methyl sites for hydroxylation is 1. The molecule has 0 aliphatic heterocycles. The minimum absolute atomic E-state index is 0.201. The van der Waals surface area contributed by atoms with Crippen molar-refractivity contribution >= 4 is 0 Å². The van der Waals surface area contributed by atoms with Crippen molar-refractivity contribution in [2.45, 2.75) is 38.0 Å². The number of hydrogen-bond donors (Lipinski definition) is 0. The monoisotopic (exact) mass is 295 g/mol. The summed E-state index contributed by atoms with van der Waals surface area (Å²) >= 11 is 0. The zero-order chi connectivity index (χ0) is 15.0. The fraction of sp³-hybridized carbons (Fsp3) is 0.353. The van der Waals surface area contributed by atoms with Crippen molar-refractivity contribution in [1.82, 2.24) is 15.3 Å². The molecule has 2 aromatic heterocycles. The van der Waals surface area contributed by atoms with Crippen LogP contribution in [-0.4, -0.2) is 15.3 Å². The first-order valence-electron chi connectivity index (χ1n) is 7.53. The van der Waals surface area contributed by atoms with Crippen LogP contribution in [0.5, 0.6) is 0 Å². The lowest BCUT2D eigenvalue weighted by Crippen LogP contribution is -2.11. The minimum Gasteiger partial charge on any atom is -0.361 e. The molecule has 1 aliphatic carbocycles. The van der Waals surface area contributed by atoms with E-state index in [-0.39, 0.29) is 5.41 Å². The van der Waals surface area contributed by atoms with Gasteiger partial charge in [0.05, 0.1) is 12.1 Å². The molecule has 0 N–H and O–H groups in total. The van der Waals surface area contributed by atoms with Gasteiger partial charge in [0, 0.05) is 17.9 Å². The van der Waals surface area contributed by atoms with Crippen LogP contribution >= 0.6 is 0 Å². The van der Waals surface area contributed by atoms with Gasteiger partial charge in [-0.05, 0) is 25.3 Å². The molecule has 0 unspecified atom stereocenters. The molecule has 0 bridgehead atoms. The average molecular weight is 295 g/mol. The van der Waals surface area contributed by atoms with Gasteiger partial charge in [-0.2, -0.15) is 4.98 Å². The van der Waals surface area contributed by atoms with E-state index in [1.54, 1.807) is 0 Å². The Hall–Kier alpha value is -2.43. The molecule has 2 heterocycles. The summed E-state index contributed by atoms with van der Waals surface area (Å²) < 4.78 is 10.4. The normalized spacial score (nSPS) is 15.9. The molecule has 22 heavy (non-hydrogen) atoms. The van der Waals surface area contributed by atoms with E-state index in [4.69, 9.17) is 9.05 Å². The Morgan fingerprint density at radius 2 is 1.91 bits per heavy atom. The molecule has 5 heteroatoms. The summed E-state index contributed by atoms with van der Waals surface area (Å²) in [5.74, 6) is 2.15. The fourth-order valence-corrected chi connectivity index (χ4v) is 2.90. The number of aromatic nitrogens is 3. The average Bonchev–Trinajstić information content (AvgIpc) is 3.00. The maximum Gasteiger partial charge on any atom is 0.232 e. The summed E-state index contributed by atoms with van der Waals surface area (Å²) in [5, 5.41) is 8.08. The lowest BCUT2D eigenvalue weighted by Gasteiger charge is -2.12. The zero-order valence-electron chi connectivity index (χ0n) is 12.5. The summed E-state index contributed by atoms with van der Waals surface area (Å²) in [6.45, 7) is 1.87. The quantitative estimate of drug-likeness (QED) is 0.723. The smallest absolute Gasteiger partial charge is 0.232 e. The zero-order valence-corrected chi connectivity index (χ0v) is 12.5. The van der Waals surface area contributed by atoms with Crippen LogP contribution in [0.15, 0.2) is 45.4 Å². The summed E-state index contributed by atoms with van der Waals surface area (Å²) in [7, 11) is 0. The van der Waals surface area contributed by atoms with E-state index in [0.717, 1.165) is 23.7 Å². The Bertz CT molecular complexity index is 772. The molecule has 1 fully saturated rings. The first kappa shape index (κ1) is 13.2. The third kappa shape index (κ3) is 2.54. The molecule has 0 saturated heterocycles. The Kier molecular flexibility index (Phi) is 3.06. The van der Waals surface area contributed by atoms with E-state index < -0.39 is 0 Å². The van der Waals surface area contributed by atoms with E-state index >= 15 is 0 Å². The first-order chi connectivity index (χ1) is 10.7. The van der Waals surface area contributed by atoms with E-state index in [9.17, 15) is 0 Å². The molecule has 0 spiro atoms. The summed E-state index contributed by atoms with van der Waals surface area (Å²) in [6, 6.07) is 12.5. The Balaban J connectivity index is 1.48. The van der Waals surface area contributed by atoms with Gasteiger partial charge in [-0.25, -0.2) is 0 Å². The third-order valence-electron chi connectivity index (χ3n) is 4.26. The molecule has 0 radical (unpaired) electrons. The van der Waals surface area contributed by atoms with E-state index in [2.05, 4.69) is 39.6 Å². The molecule has 1 saturated carbocycles. The molecular formula is C17H17N3O2. The number of nitrogens with zero attached hydrogens (tertiary/aromatic N) is 3. The Morgan fingerprint density at radius 1 is 1.09 bits per heavy atom. The number of rotatable bonds is 5. The predicted octanol–water partition coefficient (Wildman–Crippen LogP) is 3.23. The second-order valence-corrected chi connectivity index (χ2v) is 6.03. The fourth-order valence-electron chi connectivity index (χ4n) is 2.90. The molecule has 4 rings (SSSR count).